The standard InChI is InChI=1S/C24H28N6O2S/c1-17(23(32)29-13-11-20(12-14-29)15-19-7-4-3-5-8-19)33-24-26-27-28-30(24)22-10-6-9-21(16-22)25-18(2)31/h3-10,16-17,20H,11-15H2,1-2H3,(H,25,31). The maximum Gasteiger partial charge on any atom is 0.235 e. The number of carbonyl (C=O) groups is 2. The van der Waals surface area contributed by atoms with Crippen molar-refractivity contribution in [3.63, 3.8) is 0 Å². The van der Waals surface area contributed by atoms with Crippen LogP contribution in [0.2, 0.25) is 0 Å². The van der Waals surface area contributed by atoms with Crippen molar-refractivity contribution in [1.29, 1.82) is 0 Å². The quantitative estimate of drug-likeness (QED) is 0.537. The molecule has 0 saturated carbocycles. The first-order valence-corrected chi connectivity index (χ1v) is 12.0. The van der Waals surface area contributed by atoms with E-state index in [9.17, 15) is 9.59 Å². The maximum atomic E-state index is 13.1. The lowest BCUT2D eigenvalue weighted by Gasteiger charge is -2.33. The van der Waals surface area contributed by atoms with Crippen molar-refractivity contribution in [3.8, 4) is 5.69 Å². The number of anilines is 1. The number of piperidine rings is 1. The minimum absolute atomic E-state index is 0.111. The average molecular weight is 465 g/mol. The van der Waals surface area contributed by atoms with Gasteiger partial charge in [0.05, 0.1) is 10.9 Å². The van der Waals surface area contributed by atoms with Gasteiger partial charge in [-0.3, -0.25) is 9.59 Å². The van der Waals surface area contributed by atoms with Crippen LogP contribution in [0.3, 0.4) is 0 Å². The minimum atomic E-state index is -0.307. The molecular formula is C24H28N6O2S. The molecule has 2 aromatic carbocycles. The summed E-state index contributed by atoms with van der Waals surface area (Å²) < 4.78 is 1.59. The Morgan fingerprint density at radius 3 is 2.61 bits per heavy atom. The van der Waals surface area contributed by atoms with E-state index >= 15 is 0 Å². The first-order valence-electron chi connectivity index (χ1n) is 11.2. The van der Waals surface area contributed by atoms with E-state index in [2.05, 4.69) is 45.1 Å². The molecule has 1 aromatic heterocycles. The molecule has 0 aliphatic carbocycles. The molecule has 2 heterocycles. The van der Waals surface area contributed by atoms with Crippen molar-refractivity contribution in [2.24, 2.45) is 5.92 Å². The molecule has 3 aromatic rings. The van der Waals surface area contributed by atoms with Gasteiger partial charge in [-0.2, -0.15) is 4.68 Å². The maximum absolute atomic E-state index is 13.1. The molecule has 2 amide bonds. The molecule has 9 heteroatoms. The molecule has 1 fully saturated rings. The van der Waals surface area contributed by atoms with Crippen LogP contribution < -0.4 is 5.32 Å². The largest absolute Gasteiger partial charge is 0.342 e. The lowest BCUT2D eigenvalue weighted by Crippen LogP contribution is -2.42. The molecule has 0 spiro atoms. The van der Waals surface area contributed by atoms with E-state index in [0.29, 0.717) is 16.8 Å². The molecule has 1 N–H and O–H groups in total. The van der Waals surface area contributed by atoms with Crippen LogP contribution in [0.25, 0.3) is 5.69 Å². The van der Waals surface area contributed by atoms with Gasteiger partial charge < -0.3 is 10.2 Å². The zero-order valence-corrected chi connectivity index (χ0v) is 19.7. The van der Waals surface area contributed by atoms with E-state index < -0.39 is 0 Å². The second-order valence-corrected chi connectivity index (χ2v) is 9.63. The second-order valence-electron chi connectivity index (χ2n) is 8.32. The third-order valence-electron chi connectivity index (χ3n) is 5.78. The van der Waals surface area contributed by atoms with Crippen molar-refractivity contribution in [3.05, 3.63) is 60.2 Å². The second kappa shape index (κ2) is 10.6. The summed E-state index contributed by atoms with van der Waals surface area (Å²) in [5.41, 5.74) is 2.74. The SMILES string of the molecule is CC(=O)Nc1cccc(-n2nnnc2SC(C)C(=O)N2CCC(Cc3ccccc3)CC2)c1. The fraction of sp³-hybridized carbons (Fsp3) is 0.375. The number of nitrogens with zero attached hydrogens (tertiary/aromatic N) is 5. The molecule has 8 nitrogen and oxygen atoms in total. The van der Waals surface area contributed by atoms with Crippen LogP contribution >= 0.6 is 11.8 Å². The zero-order chi connectivity index (χ0) is 23.2. The number of nitrogens with one attached hydrogen (secondary N) is 1. The van der Waals surface area contributed by atoms with Crippen molar-refractivity contribution < 1.29 is 9.59 Å². The summed E-state index contributed by atoms with van der Waals surface area (Å²) in [4.78, 5) is 26.4. The average Bonchev–Trinajstić information content (AvgIpc) is 3.27. The van der Waals surface area contributed by atoms with Gasteiger partial charge in [0.1, 0.15) is 0 Å². The number of rotatable bonds is 7. The predicted molar refractivity (Wildman–Crippen MR) is 128 cm³/mol. The van der Waals surface area contributed by atoms with E-state index in [1.807, 2.05) is 30.0 Å². The molecule has 1 saturated heterocycles. The molecule has 1 unspecified atom stereocenters. The Hall–Kier alpha value is -3.20. The number of benzene rings is 2. The number of tetrazole rings is 1. The van der Waals surface area contributed by atoms with Gasteiger partial charge in [-0.15, -0.1) is 5.10 Å². The molecule has 0 bridgehead atoms. The monoisotopic (exact) mass is 464 g/mol. The number of likely N-dealkylation sites (tertiary alicyclic amines) is 1. The third kappa shape index (κ3) is 5.98. The molecule has 1 aliphatic rings. The summed E-state index contributed by atoms with van der Waals surface area (Å²) in [6.07, 6.45) is 3.11. The summed E-state index contributed by atoms with van der Waals surface area (Å²) >= 11 is 1.34. The molecule has 1 aliphatic heterocycles. The van der Waals surface area contributed by atoms with E-state index in [-0.39, 0.29) is 17.1 Å². The van der Waals surface area contributed by atoms with Gasteiger partial charge in [0.2, 0.25) is 17.0 Å². The van der Waals surface area contributed by atoms with Gasteiger partial charge in [0.25, 0.3) is 0 Å². The van der Waals surface area contributed by atoms with Crippen molar-refractivity contribution in [1.82, 2.24) is 25.1 Å². The molecule has 0 radical (unpaired) electrons. The summed E-state index contributed by atoms with van der Waals surface area (Å²) in [5, 5.41) is 15.0. The van der Waals surface area contributed by atoms with E-state index in [1.165, 1.54) is 24.2 Å². The Balaban J connectivity index is 1.35. The van der Waals surface area contributed by atoms with Gasteiger partial charge in [0.15, 0.2) is 0 Å². The summed E-state index contributed by atoms with van der Waals surface area (Å²) in [6, 6.07) is 17.8. The number of thioether (sulfide) groups is 1. The molecule has 4 rings (SSSR count). The molecule has 33 heavy (non-hydrogen) atoms. The van der Waals surface area contributed by atoms with Crippen LogP contribution in [0.5, 0.6) is 0 Å². The van der Waals surface area contributed by atoms with Crippen LogP contribution in [0, 0.1) is 5.92 Å². The topological polar surface area (TPSA) is 93.0 Å². The highest BCUT2D eigenvalue weighted by Gasteiger charge is 2.28. The normalized spacial score (nSPS) is 15.3. The molecule has 1 atom stereocenters. The first-order chi connectivity index (χ1) is 16.0. The lowest BCUT2D eigenvalue weighted by molar-refractivity contribution is -0.131. The predicted octanol–water partition coefficient (Wildman–Crippen LogP) is 3.58. The molecular weight excluding hydrogens is 436 g/mol. The number of hydrogen-bond acceptors (Lipinski definition) is 6. The van der Waals surface area contributed by atoms with Crippen molar-refractivity contribution in [2.75, 3.05) is 18.4 Å². The van der Waals surface area contributed by atoms with Crippen molar-refractivity contribution in [2.45, 2.75) is 43.5 Å². The number of carbonyl (C=O) groups excluding carboxylic acids is 2. The Morgan fingerprint density at radius 2 is 1.88 bits per heavy atom. The van der Waals surface area contributed by atoms with Gasteiger partial charge in [0, 0.05) is 25.7 Å². The number of aromatic nitrogens is 4. The fourth-order valence-corrected chi connectivity index (χ4v) is 5.00. The third-order valence-corrected chi connectivity index (χ3v) is 6.80. The van der Waals surface area contributed by atoms with Crippen LogP contribution in [0.1, 0.15) is 32.3 Å². The highest BCUT2D eigenvalue weighted by atomic mass is 32.2. The zero-order valence-electron chi connectivity index (χ0n) is 18.8. The Labute approximate surface area is 197 Å². The number of hydrogen-bond donors (Lipinski definition) is 1. The smallest absolute Gasteiger partial charge is 0.235 e. The van der Waals surface area contributed by atoms with E-state index in [0.717, 1.165) is 38.0 Å². The van der Waals surface area contributed by atoms with Crippen LogP contribution in [-0.4, -0.2) is 55.3 Å². The van der Waals surface area contributed by atoms with Crippen LogP contribution in [0.4, 0.5) is 5.69 Å². The Bertz CT molecular complexity index is 1100. The minimum Gasteiger partial charge on any atom is -0.342 e. The van der Waals surface area contributed by atoms with Gasteiger partial charge in [-0.25, -0.2) is 0 Å². The van der Waals surface area contributed by atoms with Gasteiger partial charge >= 0.3 is 0 Å². The summed E-state index contributed by atoms with van der Waals surface area (Å²) in [6.45, 7) is 4.93. The molecule has 172 valence electrons. The highest BCUT2D eigenvalue weighted by molar-refractivity contribution is 8.00. The Morgan fingerprint density at radius 1 is 1.12 bits per heavy atom. The van der Waals surface area contributed by atoms with E-state index in [4.69, 9.17) is 0 Å². The number of amides is 2. The lowest BCUT2D eigenvalue weighted by atomic mass is 9.90. The van der Waals surface area contributed by atoms with Crippen LogP contribution in [0.15, 0.2) is 59.8 Å². The van der Waals surface area contributed by atoms with Crippen LogP contribution in [-0.2, 0) is 16.0 Å². The van der Waals surface area contributed by atoms with Crippen molar-refractivity contribution >= 4 is 29.3 Å². The summed E-state index contributed by atoms with van der Waals surface area (Å²) in [7, 11) is 0. The highest BCUT2D eigenvalue weighted by Crippen LogP contribution is 2.27. The van der Waals surface area contributed by atoms with Gasteiger partial charge in [-0.05, 0) is 66.3 Å². The fourth-order valence-electron chi connectivity index (χ4n) is 4.10. The van der Waals surface area contributed by atoms with Gasteiger partial charge in [-0.1, -0.05) is 48.2 Å². The first kappa shape index (κ1) is 23.0. The summed E-state index contributed by atoms with van der Waals surface area (Å²) in [5.74, 6) is 0.576. The Kier molecular flexibility index (Phi) is 7.39. The van der Waals surface area contributed by atoms with E-state index in [1.54, 1.807) is 16.8 Å².